The third kappa shape index (κ3) is 9.45. The third-order valence-electron chi connectivity index (χ3n) is 5.89. The van der Waals surface area contributed by atoms with E-state index in [1.54, 1.807) is 42.5 Å². The van der Waals surface area contributed by atoms with Crippen LogP contribution in [0.5, 0.6) is 5.75 Å². The molecule has 0 fully saturated rings. The minimum Gasteiger partial charge on any atom is -0.494 e. The van der Waals surface area contributed by atoms with Crippen molar-refractivity contribution in [2.24, 2.45) is 0 Å². The van der Waals surface area contributed by atoms with Gasteiger partial charge in [-0.05, 0) is 53.5 Å². The first kappa shape index (κ1) is 28.0. The monoisotopic (exact) mass is 510 g/mol. The predicted octanol–water partition coefficient (Wildman–Crippen LogP) is 8.89. The van der Waals surface area contributed by atoms with Gasteiger partial charge < -0.3 is 9.47 Å². The van der Waals surface area contributed by atoms with Crippen molar-refractivity contribution in [1.82, 2.24) is 0 Å². The topological polar surface area (TPSA) is 35.5 Å². The Hall–Kier alpha value is -3.54. The lowest BCUT2D eigenvalue weighted by atomic mass is 10.0. The molecule has 0 spiro atoms. The molecular weight excluding hydrogens is 477 g/mol. The van der Waals surface area contributed by atoms with Crippen molar-refractivity contribution in [2.45, 2.75) is 57.7 Å². The van der Waals surface area contributed by atoms with Gasteiger partial charge in [-0.3, -0.25) is 0 Å². The molecule has 0 aromatic heterocycles. The average molecular weight is 511 g/mol. The van der Waals surface area contributed by atoms with Gasteiger partial charge in [0.15, 0.2) is 0 Å². The van der Waals surface area contributed by atoms with Crippen LogP contribution in [0.1, 0.15) is 61.4 Å². The van der Waals surface area contributed by atoms with Gasteiger partial charge in [0.05, 0.1) is 12.2 Å². The Morgan fingerprint density at radius 3 is 2.03 bits per heavy atom. The molecule has 3 aromatic rings. The van der Waals surface area contributed by atoms with Crippen molar-refractivity contribution in [2.75, 3.05) is 6.61 Å². The van der Waals surface area contributed by atoms with Crippen LogP contribution >= 0.6 is 0 Å². The molecule has 0 aliphatic rings. The lowest BCUT2D eigenvalue weighted by molar-refractivity contribution is -0.188. The second-order valence-electron chi connectivity index (χ2n) is 8.86. The molecule has 0 saturated heterocycles. The van der Waals surface area contributed by atoms with Gasteiger partial charge in [-0.2, -0.15) is 13.2 Å². The molecule has 0 bridgehead atoms. The standard InChI is InChI=1S/C31H33F3O3/c1-2-3-4-5-6-10-23-36-28-20-18-26(19-21-28)25-14-16-27(17-15-25)30(35)37-29(31(32,33)34)22-13-24-11-8-7-9-12-24/h7-9,11-22,29H,2-6,10,23H2,1H3/b22-13-/t29-/m0/s1. The second kappa shape index (κ2) is 14.3. The molecular formula is C31H33F3O3. The van der Waals surface area contributed by atoms with Gasteiger partial charge in [0.25, 0.3) is 0 Å². The van der Waals surface area contributed by atoms with Crippen molar-refractivity contribution in [3.8, 4) is 16.9 Å². The zero-order valence-electron chi connectivity index (χ0n) is 21.0. The number of alkyl halides is 3. The Morgan fingerprint density at radius 2 is 1.41 bits per heavy atom. The fourth-order valence-electron chi connectivity index (χ4n) is 3.78. The molecule has 37 heavy (non-hydrogen) atoms. The molecule has 0 amide bonds. The van der Waals surface area contributed by atoms with Crippen LogP contribution in [0.4, 0.5) is 13.2 Å². The van der Waals surface area contributed by atoms with E-state index < -0.39 is 18.2 Å². The van der Waals surface area contributed by atoms with Crippen molar-refractivity contribution >= 4 is 12.0 Å². The third-order valence-corrected chi connectivity index (χ3v) is 5.89. The van der Waals surface area contributed by atoms with E-state index in [1.165, 1.54) is 50.3 Å². The fourth-order valence-corrected chi connectivity index (χ4v) is 3.78. The van der Waals surface area contributed by atoms with Crippen molar-refractivity contribution in [1.29, 1.82) is 0 Å². The van der Waals surface area contributed by atoms with Crippen LogP contribution < -0.4 is 4.74 Å². The summed E-state index contributed by atoms with van der Waals surface area (Å²) in [5.41, 5.74) is 2.36. The van der Waals surface area contributed by atoms with Gasteiger partial charge in [0, 0.05) is 0 Å². The number of carbonyl (C=O) groups is 1. The first-order valence-electron chi connectivity index (χ1n) is 12.7. The lowest BCUT2D eigenvalue weighted by Gasteiger charge is -2.17. The molecule has 0 radical (unpaired) electrons. The largest absolute Gasteiger partial charge is 0.494 e. The highest BCUT2D eigenvalue weighted by atomic mass is 19.4. The lowest BCUT2D eigenvalue weighted by Crippen LogP contribution is -2.32. The van der Waals surface area contributed by atoms with Crippen LogP contribution in [0.3, 0.4) is 0 Å². The molecule has 0 N–H and O–H groups in total. The van der Waals surface area contributed by atoms with Crippen molar-refractivity contribution < 1.29 is 27.4 Å². The van der Waals surface area contributed by atoms with Crippen LogP contribution in [-0.4, -0.2) is 24.9 Å². The van der Waals surface area contributed by atoms with E-state index in [0.717, 1.165) is 29.4 Å². The van der Waals surface area contributed by atoms with Crippen LogP contribution in [0.2, 0.25) is 0 Å². The highest BCUT2D eigenvalue weighted by Gasteiger charge is 2.41. The predicted molar refractivity (Wildman–Crippen MR) is 141 cm³/mol. The number of halogens is 3. The summed E-state index contributed by atoms with van der Waals surface area (Å²) >= 11 is 0. The number of rotatable bonds is 13. The Bertz CT molecular complexity index is 1110. The summed E-state index contributed by atoms with van der Waals surface area (Å²) in [7, 11) is 0. The molecule has 6 heteroatoms. The summed E-state index contributed by atoms with van der Waals surface area (Å²) in [6.07, 6.45) is 2.29. The summed E-state index contributed by atoms with van der Waals surface area (Å²) in [5.74, 6) is -0.246. The van der Waals surface area contributed by atoms with Crippen molar-refractivity contribution in [3.63, 3.8) is 0 Å². The summed E-state index contributed by atoms with van der Waals surface area (Å²) < 4.78 is 50.9. The van der Waals surface area contributed by atoms with E-state index in [4.69, 9.17) is 9.47 Å². The zero-order chi connectivity index (χ0) is 26.5. The van der Waals surface area contributed by atoms with Gasteiger partial charge in [-0.15, -0.1) is 0 Å². The Kier molecular flexibility index (Phi) is 10.8. The van der Waals surface area contributed by atoms with E-state index >= 15 is 0 Å². The first-order chi connectivity index (χ1) is 17.9. The van der Waals surface area contributed by atoms with E-state index in [1.807, 2.05) is 24.3 Å². The van der Waals surface area contributed by atoms with Crippen LogP contribution in [0.25, 0.3) is 17.2 Å². The molecule has 1 atom stereocenters. The van der Waals surface area contributed by atoms with Gasteiger partial charge >= 0.3 is 12.1 Å². The number of benzene rings is 3. The van der Waals surface area contributed by atoms with Crippen LogP contribution in [0, 0.1) is 0 Å². The molecule has 3 aromatic carbocycles. The quantitative estimate of drug-likeness (QED) is 0.170. The molecule has 0 heterocycles. The summed E-state index contributed by atoms with van der Waals surface area (Å²) in [6, 6.07) is 22.4. The number of ether oxygens (including phenoxy) is 2. The van der Waals surface area contributed by atoms with E-state index in [-0.39, 0.29) is 5.56 Å². The maximum Gasteiger partial charge on any atom is 0.429 e. The Balaban J connectivity index is 1.54. The summed E-state index contributed by atoms with van der Waals surface area (Å²) in [4.78, 5) is 12.4. The van der Waals surface area contributed by atoms with Crippen LogP contribution in [-0.2, 0) is 4.74 Å². The Morgan fingerprint density at radius 1 is 0.811 bits per heavy atom. The van der Waals surface area contributed by atoms with Gasteiger partial charge in [0.2, 0.25) is 6.10 Å². The minimum absolute atomic E-state index is 0.0463. The van der Waals surface area contributed by atoms with E-state index in [2.05, 4.69) is 6.92 Å². The zero-order valence-corrected chi connectivity index (χ0v) is 21.0. The molecule has 0 saturated carbocycles. The SMILES string of the molecule is CCCCCCCCOc1ccc(-c2ccc(C(=O)O[C@@H](/C=C\c3ccccc3)C(F)(F)F)cc2)cc1. The number of esters is 1. The second-order valence-corrected chi connectivity index (χ2v) is 8.86. The van der Waals surface area contributed by atoms with Gasteiger partial charge in [-0.25, -0.2) is 4.79 Å². The van der Waals surface area contributed by atoms with Crippen molar-refractivity contribution in [3.05, 3.63) is 96.1 Å². The molecule has 3 nitrogen and oxygen atoms in total. The highest BCUT2D eigenvalue weighted by Crippen LogP contribution is 2.27. The molecule has 0 aliphatic heterocycles. The maximum atomic E-state index is 13.4. The fraction of sp³-hybridized carbons (Fsp3) is 0.323. The minimum atomic E-state index is -4.72. The normalized spacial score (nSPS) is 12.4. The smallest absolute Gasteiger partial charge is 0.429 e. The van der Waals surface area contributed by atoms with Crippen LogP contribution in [0.15, 0.2) is 84.9 Å². The number of carbonyl (C=O) groups excluding carboxylic acids is 1. The van der Waals surface area contributed by atoms with E-state index in [9.17, 15) is 18.0 Å². The van der Waals surface area contributed by atoms with Gasteiger partial charge in [-0.1, -0.05) is 99.7 Å². The molecule has 0 unspecified atom stereocenters. The number of hydrogen-bond donors (Lipinski definition) is 0. The summed E-state index contributed by atoms with van der Waals surface area (Å²) in [6.45, 7) is 2.89. The first-order valence-corrected chi connectivity index (χ1v) is 12.7. The highest BCUT2D eigenvalue weighted by molar-refractivity contribution is 5.90. The molecule has 0 aliphatic carbocycles. The van der Waals surface area contributed by atoms with E-state index in [0.29, 0.717) is 12.2 Å². The summed E-state index contributed by atoms with van der Waals surface area (Å²) in [5, 5.41) is 0. The maximum absolute atomic E-state index is 13.4. The number of hydrogen-bond acceptors (Lipinski definition) is 3. The Labute approximate surface area is 216 Å². The van der Waals surface area contributed by atoms with Gasteiger partial charge in [0.1, 0.15) is 5.75 Å². The molecule has 3 rings (SSSR count). The molecule has 196 valence electrons. The number of unbranched alkanes of at least 4 members (excludes halogenated alkanes) is 5. The average Bonchev–Trinajstić information content (AvgIpc) is 2.91.